The van der Waals surface area contributed by atoms with Crippen LogP contribution in [-0.2, 0) is 30.3 Å². The molecule has 1 heterocycles. The second kappa shape index (κ2) is 13.6. The molecular formula is C20H35NO6. The predicted molar refractivity (Wildman–Crippen MR) is 103 cm³/mol. The van der Waals surface area contributed by atoms with Crippen LogP contribution in [0.4, 0.5) is 0 Å². The molecule has 1 aromatic heterocycles. The third kappa shape index (κ3) is 13.3. The SMILES string of the molecule is COCCOCCOCCOc1ccn(CCCCC(=O)OC(C)(C)C)c1. The van der Waals surface area contributed by atoms with Gasteiger partial charge in [-0.2, -0.15) is 0 Å². The summed E-state index contributed by atoms with van der Waals surface area (Å²) in [6, 6.07) is 1.93. The Labute approximate surface area is 162 Å². The number of aryl methyl sites for hydroxylation is 1. The summed E-state index contributed by atoms with van der Waals surface area (Å²) in [5.41, 5.74) is -0.412. The molecule has 27 heavy (non-hydrogen) atoms. The van der Waals surface area contributed by atoms with Crippen LogP contribution >= 0.6 is 0 Å². The molecule has 0 saturated heterocycles. The van der Waals surface area contributed by atoms with Crippen LogP contribution in [0.5, 0.6) is 5.75 Å². The minimum absolute atomic E-state index is 0.136. The van der Waals surface area contributed by atoms with Gasteiger partial charge in [-0.1, -0.05) is 0 Å². The summed E-state index contributed by atoms with van der Waals surface area (Å²) in [4.78, 5) is 11.7. The fourth-order valence-electron chi connectivity index (χ4n) is 2.28. The molecule has 0 amide bonds. The number of carbonyl (C=O) groups excluding carboxylic acids is 1. The number of aromatic nitrogens is 1. The molecule has 0 atom stereocenters. The molecule has 0 aliphatic heterocycles. The van der Waals surface area contributed by atoms with Gasteiger partial charge in [0.05, 0.1) is 33.0 Å². The van der Waals surface area contributed by atoms with Gasteiger partial charge in [0, 0.05) is 32.5 Å². The number of rotatable bonds is 15. The number of hydrogen-bond acceptors (Lipinski definition) is 6. The number of carbonyl (C=O) groups is 1. The quantitative estimate of drug-likeness (QED) is 0.341. The Morgan fingerprint density at radius 1 is 1.00 bits per heavy atom. The van der Waals surface area contributed by atoms with Gasteiger partial charge in [0.2, 0.25) is 0 Å². The van der Waals surface area contributed by atoms with Crippen molar-refractivity contribution in [3.63, 3.8) is 0 Å². The van der Waals surface area contributed by atoms with E-state index < -0.39 is 5.60 Å². The fraction of sp³-hybridized carbons (Fsp3) is 0.750. The van der Waals surface area contributed by atoms with Crippen molar-refractivity contribution in [2.75, 3.05) is 46.8 Å². The van der Waals surface area contributed by atoms with Crippen molar-refractivity contribution in [3.05, 3.63) is 18.5 Å². The molecule has 7 heteroatoms. The highest BCUT2D eigenvalue weighted by atomic mass is 16.6. The molecule has 0 bridgehead atoms. The molecule has 0 radical (unpaired) electrons. The Morgan fingerprint density at radius 3 is 2.33 bits per heavy atom. The lowest BCUT2D eigenvalue weighted by Gasteiger charge is -2.19. The van der Waals surface area contributed by atoms with Crippen molar-refractivity contribution in [1.29, 1.82) is 0 Å². The first-order valence-corrected chi connectivity index (χ1v) is 9.55. The Hall–Kier alpha value is -1.57. The van der Waals surface area contributed by atoms with Crippen LogP contribution < -0.4 is 4.74 Å². The second-order valence-electron chi connectivity index (χ2n) is 7.19. The third-order valence-electron chi connectivity index (χ3n) is 3.49. The highest BCUT2D eigenvalue weighted by Crippen LogP contribution is 2.13. The van der Waals surface area contributed by atoms with E-state index in [2.05, 4.69) is 4.57 Å². The van der Waals surface area contributed by atoms with Gasteiger partial charge in [-0.15, -0.1) is 0 Å². The molecule has 1 aromatic rings. The van der Waals surface area contributed by atoms with Crippen LogP contribution in [0.15, 0.2) is 18.5 Å². The van der Waals surface area contributed by atoms with E-state index in [1.165, 1.54) is 0 Å². The zero-order valence-corrected chi connectivity index (χ0v) is 17.2. The summed E-state index contributed by atoms with van der Waals surface area (Å²) in [6.07, 6.45) is 6.12. The third-order valence-corrected chi connectivity index (χ3v) is 3.49. The predicted octanol–water partition coefficient (Wildman–Crippen LogP) is 3.06. The van der Waals surface area contributed by atoms with Crippen molar-refractivity contribution in [2.45, 2.75) is 52.2 Å². The van der Waals surface area contributed by atoms with Crippen molar-refractivity contribution >= 4 is 5.97 Å². The number of ether oxygens (including phenoxy) is 5. The van der Waals surface area contributed by atoms with E-state index in [1.807, 2.05) is 39.2 Å². The Bertz CT molecular complexity index is 509. The molecule has 0 spiro atoms. The van der Waals surface area contributed by atoms with Crippen molar-refractivity contribution in [2.24, 2.45) is 0 Å². The number of methoxy groups -OCH3 is 1. The monoisotopic (exact) mass is 385 g/mol. The standard InChI is InChI=1S/C20H35NO6/c1-20(2,3)27-19(22)7-5-6-9-21-10-8-18(17-21)26-16-15-25-14-13-24-12-11-23-4/h8,10,17H,5-7,9,11-16H2,1-4H3. The smallest absolute Gasteiger partial charge is 0.306 e. The summed E-state index contributed by atoms with van der Waals surface area (Å²) >= 11 is 0. The van der Waals surface area contributed by atoms with Gasteiger partial charge in [-0.3, -0.25) is 4.79 Å². The maximum absolute atomic E-state index is 11.7. The first-order valence-electron chi connectivity index (χ1n) is 9.55. The molecule has 0 fully saturated rings. The molecule has 0 aromatic carbocycles. The number of hydrogen-bond donors (Lipinski definition) is 0. The van der Waals surface area contributed by atoms with Crippen LogP contribution in [0.25, 0.3) is 0 Å². The molecule has 0 unspecified atom stereocenters. The van der Waals surface area contributed by atoms with Crippen molar-refractivity contribution in [1.82, 2.24) is 4.57 Å². The highest BCUT2D eigenvalue weighted by Gasteiger charge is 2.15. The topological polar surface area (TPSA) is 68.2 Å². The van der Waals surface area contributed by atoms with E-state index >= 15 is 0 Å². The van der Waals surface area contributed by atoms with Crippen LogP contribution in [-0.4, -0.2) is 62.9 Å². The summed E-state index contributed by atoms with van der Waals surface area (Å²) in [6.45, 7) is 9.81. The van der Waals surface area contributed by atoms with Gasteiger partial charge in [0.15, 0.2) is 0 Å². The summed E-state index contributed by atoms with van der Waals surface area (Å²) in [5.74, 6) is 0.685. The molecule has 0 saturated carbocycles. The van der Waals surface area contributed by atoms with Gasteiger partial charge >= 0.3 is 5.97 Å². The van der Waals surface area contributed by atoms with Gasteiger partial charge in [0.25, 0.3) is 0 Å². The first-order chi connectivity index (χ1) is 12.9. The van der Waals surface area contributed by atoms with Crippen molar-refractivity contribution in [3.8, 4) is 5.75 Å². The number of nitrogens with zero attached hydrogens (tertiary/aromatic N) is 1. The lowest BCUT2D eigenvalue weighted by molar-refractivity contribution is -0.154. The average molecular weight is 386 g/mol. The Morgan fingerprint density at radius 2 is 1.67 bits per heavy atom. The minimum Gasteiger partial charge on any atom is -0.490 e. The van der Waals surface area contributed by atoms with Crippen LogP contribution in [0.1, 0.15) is 40.0 Å². The normalized spacial score (nSPS) is 11.6. The molecule has 0 N–H and O–H groups in total. The van der Waals surface area contributed by atoms with E-state index in [4.69, 9.17) is 23.7 Å². The molecule has 156 valence electrons. The minimum atomic E-state index is -0.412. The Balaban J connectivity index is 2.03. The summed E-state index contributed by atoms with van der Waals surface area (Å²) in [5, 5.41) is 0. The zero-order valence-electron chi connectivity index (χ0n) is 17.2. The van der Waals surface area contributed by atoms with E-state index in [0.717, 1.165) is 25.1 Å². The average Bonchev–Trinajstić information content (AvgIpc) is 3.03. The van der Waals surface area contributed by atoms with Gasteiger partial charge < -0.3 is 28.3 Å². The number of esters is 1. The van der Waals surface area contributed by atoms with Gasteiger partial charge in [-0.05, 0) is 39.7 Å². The maximum atomic E-state index is 11.7. The summed E-state index contributed by atoms with van der Waals surface area (Å²) in [7, 11) is 1.65. The molecule has 0 aliphatic rings. The lowest BCUT2D eigenvalue weighted by atomic mass is 10.2. The second-order valence-corrected chi connectivity index (χ2v) is 7.19. The lowest BCUT2D eigenvalue weighted by Crippen LogP contribution is -2.23. The van der Waals surface area contributed by atoms with E-state index in [0.29, 0.717) is 46.1 Å². The number of unbranched alkanes of at least 4 members (excludes halogenated alkanes) is 1. The van der Waals surface area contributed by atoms with Gasteiger partial charge in [-0.25, -0.2) is 0 Å². The van der Waals surface area contributed by atoms with Crippen LogP contribution in [0, 0.1) is 0 Å². The molecule has 1 rings (SSSR count). The maximum Gasteiger partial charge on any atom is 0.306 e. The fourth-order valence-corrected chi connectivity index (χ4v) is 2.28. The first kappa shape index (κ1) is 23.5. The zero-order chi connectivity index (χ0) is 20.0. The van der Waals surface area contributed by atoms with Crippen LogP contribution in [0.2, 0.25) is 0 Å². The summed E-state index contributed by atoms with van der Waals surface area (Å²) < 4.78 is 28.6. The molecular weight excluding hydrogens is 350 g/mol. The largest absolute Gasteiger partial charge is 0.490 e. The van der Waals surface area contributed by atoms with E-state index in [-0.39, 0.29) is 5.97 Å². The van der Waals surface area contributed by atoms with Gasteiger partial charge in [0.1, 0.15) is 18.0 Å². The van der Waals surface area contributed by atoms with Crippen molar-refractivity contribution < 1.29 is 28.5 Å². The van der Waals surface area contributed by atoms with Crippen LogP contribution in [0.3, 0.4) is 0 Å². The molecule has 7 nitrogen and oxygen atoms in total. The van der Waals surface area contributed by atoms with E-state index in [9.17, 15) is 4.79 Å². The highest BCUT2D eigenvalue weighted by molar-refractivity contribution is 5.69. The molecule has 0 aliphatic carbocycles. The van der Waals surface area contributed by atoms with E-state index in [1.54, 1.807) is 7.11 Å². The Kier molecular flexibility index (Phi) is 11.8.